The van der Waals surface area contributed by atoms with Crippen LogP contribution in [0.15, 0.2) is 16.0 Å². The van der Waals surface area contributed by atoms with Crippen molar-refractivity contribution < 1.29 is 4.42 Å². The third kappa shape index (κ3) is 3.13. The summed E-state index contributed by atoms with van der Waals surface area (Å²) in [7, 11) is 0. The molecule has 3 nitrogen and oxygen atoms in total. The molecule has 0 atom stereocenters. The van der Waals surface area contributed by atoms with Crippen LogP contribution in [0.2, 0.25) is 0 Å². The summed E-state index contributed by atoms with van der Waals surface area (Å²) in [6.07, 6.45) is 3.19. The number of thioether (sulfide) groups is 1. The summed E-state index contributed by atoms with van der Waals surface area (Å²) in [5.74, 6) is 0. The number of hydrogen-bond acceptors (Lipinski definition) is 4. The normalized spacial score (nSPS) is 7.89. The lowest BCUT2D eigenvalue weighted by atomic mass is 11.0. The molecular formula is C5H10N2OS. The van der Waals surface area contributed by atoms with Crippen LogP contribution in [0.1, 0.15) is 13.8 Å². The zero-order valence-corrected chi connectivity index (χ0v) is 6.60. The highest BCUT2D eigenvalue weighted by Gasteiger charge is 1.89. The van der Waals surface area contributed by atoms with Crippen LogP contribution in [-0.2, 0) is 0 Å². The van der Waals surface area contributed by atoms with E-state index in [1.807, 2.05) is 20.1 Å². The summed E-state index contributed by atoms with van der Waals surface area (Å²) in [5, 5.41) is 7.65. The number of nitrogens with zero attached hydrogens (tertiary/aromatic N) is 2. The molecule has 0 aromatic carbocycles. The van der Waals surface area contributed by atoms with Crippen molar-refractivity contribution in [1.82, 2.24) is 10.2 Å². The van der Waals surface area contributed by atoms with Gasteiger partial charge in [-0.05, 0) is 6.26 Å². The largest absolute Gasteiger partial charge is 0.419 e. The van der Waals surface area contributed by atoms with Gasteiger partial charge in [0.1, 0.15) is 0 Å². The van der Waals surface area contributed by atoms with Crippen molar-refractivity contribution >= 4 is 11.8 Å². The Hall–Kier alpha value is -0.510. The van der Waals surface area contributed by atoms with Gasteiger partial charge in [-0.1, -0.05) is 25.6 Å². The summed E-state index contributed by atoms with van der Waals surface area (Å²) >= 11 is 1.44. The van der Waals surface area contributed by atoms with Gasteiger partial charge in [0.2, 0.25) is 6.39 Å². The van der Waals surface area contributed by atoms with E-state index in [9.17, 15) is 0 Å². The average molecular weight is 146 g/mol. The minimum Gasteiger partial charge on any atom is -0.419 e. The standard InChI is InChI=1S/C3H4N2OS.C2H6/c1-7-3-5-4-2-6-3;1-2/h2H,1H3;1-2H3. The lowest BCUT2D eigenvalue weighted by Gasteiger charge is -1.74. The molecule has 0 N–H and O–H groups in total. The Labute approximate surface area is 58.9 Å². The summed E-state index contributed by atoms with van der Waals surface area (Å²) in [6, 6.07) is 0. The highest BCUT2D eigenvalue weighted by atomic mass is 32.2. The van der Waals surface area contributed by atoms with Crippen LogP contribution in [0.5, 0.6) is 0 Å². The first-order chi connectivity index (χ1) is 4.43. The monoisotopic (exact) mass is 146 g/mol. The van der Waals surface area contributed by atoms with Crippen molar-refractivity contribution in [3.05, 3.63) is 6.39 Å². The van der Waals surface area contributed by atoms with E-state index >= 15 is 0 Å². The van der Waals surface area contributed by atoms with Crippen LogP contribution < -0.4 is 0 Å². The third-order valence-electron chi connectivity index (χ3n) is 0.515. The quantitative estimate of drug-likeness (QED) is 0.566. The van der Waals surface area contributed by atoms with E-state index in [0.717, 1.165) is 0 Å². The second-order valence-electron chi connectivity index (χ2n) is 0.909. The average Bonchev–Trinajstić information content (AvgIpc) is 2.43. The van der Waals surface area contributed by atoms with Crippen LogP contribution in [0.25, 0.3) is 0 Å². The molecule has 1 heterocycles. The molecule has 0 amide bonds. The van der Waals surface area contributed by atoms with E-state index in [4.69, 9.17) is 4.42 Å². The van der Waals surface area contributed by atoms with Gasteiger partial charge in [0, 0.05) is 0 Å². The van der Waals surface area contributed by atoms with Crippen LogP contribution in [0, 0.1) is 0 Å². The molecule has 0 spiro atoms. The Bertz CT molecular complexity index is 130. The second kappa shape index (κ2) is 5.62. The maximum absolute atomic E-state index is 4.72. The highest BCUT2D eigenvalue weighted by Crippen LogP contribution is 2.06. The summed E-state index contributed by atoms with van der Waals surface area (Å²) in [4.78, 5) is 0. The molecule has 1 aromatic rings. The van der Waals surface area contributed by atoms with Gasteiger partial charge >= 0.3 is 0 Å². The van der Waals surface area contributed by atoms with Crippen molar-refractivity contribution in [2.45, 2.75) is 19.1 Å². The molecule has 0 fully saturated rings. The van der Waals surface area contributed by atoms with Crippen molar-refractivity contribution in [1.29, 1.82) is 0 Å². The second-order valence-corrected chi connectivity index (χ2v) is 1.67. The Morgan fingerprint density at radius 1 is 1.56 bits per heavy atom. The van der Waals surface area contributed by atoms with E-state index in [1.165, 1.54) is 18.2 Å². The number of rotatable bonds is 1. The minimum absolute atomic E-state index is 0.611. The maximum Gasteiger partial charge on any atom is 0.276 e. The molecule has 52 valence electrons. The van der Waals surface area contributed by atoms with Gasteiger partial charge in [0.15, 0.2) is 0 Å². The van der Waals surface area contributed by atoms with E-state index in [0.29, 0.717) is 5.22 Å². The molecule has 0 aliphatic rings. The molecule has 0 aliphatic heterocycles. The van der Waals surface area contributed by atoms with Gasteiger partial charge in [-0.3, -0.25) is 0 Å². The molecule has 1 aromatic heterocycles. The Balaban J connectivity index is 0.000000291. The summed E-state index contributed by atoms with van der Waals surface area (Å²) in [5.41, 5.74) is 0. The zero-order chi connectivity index (χ0) is 7.11. The van der Waals surface area contributed by atoms with Crippen molar-refractivity contribution in [2.24, 2.45) is 0 Å². The molecule has 9 heavy (non-hydrogen) atoms. The van der Waals surface area contributed by atoms with Crippen molar-refractivity contribution in [2.75, 3.05) is 6.26 Å². The Kier molecular flexibility index (Phi) is 5.30. The zero-order valence-electron chi connectivity index (χ0n) is 5.79. The smallest absolute Gasteiger partial charge is 0.276 e. The molecule has 0 saturated carbocycles. The van der Waals surface area contributed by atoms with Gasteiger partial charge in [-0.25, -0.2) is 0 Å². The van der Waals surface area contributed by atoms with E-state index < -0.39 is 0 Å². The predicted molar refractivity (Wildman–Crippen MR) is 37.4 cm³/mol. The Morgan fingerprint density at radius 3 is 2.44 bits per heavy atom. The molecule has 0 unspecified atom stereocenters. The third-order valence-corrected chi connectivity index (χ3v) is 1.04. The van der Waals surface area contributed by atoms with E-state index in [-0.39, 0.29) is 0 Å². The van der Waals surface area contributed by atoms with Crippen LogP contribution in [-0.4, -0.2) is 16.5 Å². The summed E-state index contributed by atoms with van der Waals surface area (Å²) in [6.45, 7) is 4.00. The fourth-order valence-electron chi connectivity index (χ4n) is 0.252. The molecule has 0 aliphatic carbocycles. The van der Waals surface area contributed by atoms with Crippen molar-refractivity contribution in [3.8, 4) is 0 Å². The summed E-state index contributed by atoms with van der Waals surface area (Å²) < 4.78 is 4.72. The molecule has 1 rings (SSSR count). The SMILES string of the molecule is CC.CSc1nnco1. The molecule has 0 bridgehead atoms. The fourth-order valence-corrected chi connectivity index (χ4v) is 0.520. The van der Waals surface area contributed by atoms with Gasteiger partial charge in [-0.2, -0.15) is 0 Å². The topological polar surface area (TPSA) is 38.9 Å². The van der Waals surface area contributed by atoms with Crippen LogP contribution >= 0.6 is 11.8 Å². The van der Waals surface area contributed by atoms with E-state index in [2.05, 4.69) is 10.2 Å². The first-order valence-electron chi connectivity index (χ1n) is 2.73. The van der Waals surface area contributed by atoms with Gasteiger partial charge in [0.25, 0.3) is 5.22 Å². The van der Waals surface area contributed by atoms with Crippen LogP contribution in [0.4, 0.5) is 0 Å². The van der Waals surface area contributed by atoms with Gasteiger partial charge in [0.05, 0.1) is 0 Å². The van der Waals surface area contributed by atoms with Gasteiger partial charge in [-0.15, -0.1) is 10.2 Å². The van der Waals surface area contributed by atoms with Crippen LogP contribution in [0.3, 0.4) is 0 Å². The molecular weight excluding hydrogens is 136 g/mol. The van der Waals surface area contributed by atoms with E-state index in [1.54, 1.807) is 0 Å². The number of aromatic nitrogens is 2. The Morgan fingerprint density at radius 2 is 2.22 bits per heavy atom. The molecule has 0 saturated heterocycles. The molecule has 4 heteroatoms. The minimum atomic E-state index is 0.611. The fraction of sp³-hybridized carbons (Fsp3) is 0.600. The lowest BCUT2D eigenvalue weighted by molar-refractivity contribution is 0.454. The maximum atomic E-state index is 4.72. The first kappa shape index (κ1) is 8.49. The lowest BCUT2D eigenvalue weighted by Crippen LogP contribution is -1.65. The van der Waals surface area contributed by atoms with Gasteiger partial charge < -0.3 is 4.42 Å². The number of hydrogen-bond donors (Lipinski definition) is 0. The first-order valence-corrected chi connectivity index (χ1v) is 3.96. The van der Waals surface area contributed by atoms with Crippen molar-refractivity contribution in [3.63, 3.8) is 0 Å². The predicted octanol–water partition coefficient (Wildman–Crippen LogP) is 1.82. The molecule has 0 radical (unpaired) electrons. The highest BCUT2D eigenvalue weighted by molar-refractivity contribution is 7.98.